The number of aromatic nitrogens is 2. The van der Waals surface area contributed by atoms with Crippen molar-refractivity contribution in [2.75, 3.05) is 0 Å². The molecule has 5 heteroatoms. The van der Waals surface area contributed by atoms with Crippen molar-refractivity contribution in [1.29, 1.82) is 0 Å². The van der Waals surface area contributed by atoms with E-state index < -0.39 is 0 Å². The highest BCUT2D eigenvalue weighted by Gasteiger charge is 2.11. The van der Waals surface area contributed by atoms with Crippen LogP contribution in [0.2, 0.25) is 5.15 Å². The van der Waals surface area contributed by atoms with E-state index in [4.69, 9.17) is 11.6 Å². The summed E-state index contributed by atoms with van der Waals surface area (Å²) in [6.45, 7) is 1.97. The molecule has 2 aromatic rings. The second-order valence-corrected chi connectivity index (χ2v) is 5.01. The van der Waals surface area contributed by atoms with E-state index in [9.17, 15) is 4.79 Å². The standard InChI is InChI=1S/C15H16ClN3O/c1-11(7-8-12-5-3-2-4-6-12)18-15(20)13-9-17-10-14(16)19-13/h2-6,9-11H,7-8H2,1H3,(H,18,20). The summed E-state index contributed by atoms with van der Waals surface area (Å²) >= 11 is 5.71. The molecule has 1 aromatic heterocycles. The van der Waals surface area contributed by atoms with Crippen LogP contribution in [0, 0.1) is 0 Å². The molecular formula is C15H16ClN3O. The molecule has 1 amide bonds. The normalized spacial score (nSPS) is 11.9. The van der Waals surface area contributed by atoms with E-state index in [1.807, 2.05) is 25.1 Å². The number of aryl methyl sites for hydroxylation is 1. The largest absolute Gasteiger partial charge is 0.348 e. The van der Waals surface area contributed by atoms with Crippen LogP contribution in [0.4, 0.5) is 0 Å². The Kier molecular flexibility index (Phi) is 5.07. The van der Waals surface area contributed by atoms with Crippen molar-refractivity contribution in [2.24, 2.45) is 0 Å². The zero-order valence-electron chi connectivity index (χ0n) is 11.2. The average Bonchev–Trinajstić information content (AvgIpc) is 2.46. The molecule has 1 unspecified atom stereocenters. The zero-order valence-corrected chi connectivity index (χ0v) is 12.0. The Bertz CT molecular complexity index is 574. The van der Waals surface area contributed by atoms with Gasteiger partial charge in [-0.3, -0.25) is 9.78 Å². The summed E-state index contributed by atoms with van der Waals surface area (Å²) in [4.78, 5) is 19.7. The number of rotatable bonds is 5. The fraction of sp³-hybridized carbons (Fsp3) is 0.267. The number of nitrogens with zero attached hydrogens (tertiary/aromatic N) is 2. The topological polar surface area (TPSA) is 54.9 Å². The molecule has 104 valence electrons. The van der Waals surface area contributed by atoms with Gasteiger partial charge in [0.15, 0.2) is 0 Å². The second-order valence-electron chi connectivity index (χ2n) is 4.63. The lowest BCUT2D eigenvalue weighted by molar-refractivity contribution is 0.0933. The molecule has 0 aliphatic rings. The van der Waals surface area contributed by atoms with Crippen molar-refractivity contribution in [3.8, 4) is 0 Å². The molecular weight excluding hydrogens is 274 g/mol. The van der Waals surface area contributed by atoms with E-state index in [1.54, 1.807) is 0 Å². The number of hydrogen-bond acceptors (Lipinski definition) is 3. The molecule has 1 aromatic carbocycles. The Morgan fingerprint density at radius 1 is 1.30 bits per heavy atom. The highest BCUT2D eigenvalue weighted by molar-refractivity contribution is 6.29. The van der Waals surface area contributed by atoms with Crippen LogP contribution in [0.5, 0.6) is 0 Å². The summed E-state index contributed by atoms with van der Waals surface area (Å²) in [6.07, 6.45) is 4.59. The molecule has 1 atom stereocenters. The van der Waals surface area contributed by atoms with Gasteiger partial charge in [-0.25, -0.2) is 4.98 Å². The molecule has 0 aliphatic heterocycles. The maximum atomic E-state index is 11.9. The zero-order chi connectivity index (χ0) is 14.4. The third-order valence-corrected chi connectivity index (χ3v) is 3.11. The molecule has 2 rings (SSSR count). The second kappa shape index (κ2) is 7.01. The number of carbonyl (C=O) groups excluding carboxylic acids is 1. The van der Waals surface area contributed by atoms with Crippen LogP contribution in [0.15, 0.2) is 42.7 Å². The summed E-state index contributed by atoms with van der Waals surface area (Å²) in [6, 6.07) is 10.2. The minimum absolute atomic E-state index is 0.0588. The van der Waals surface area contributed by atoms with Gasteiger partial charge in [0.25, 0.3) is 5.91 Å². The van der Waals surface area contributed by atoms with E-state index in [1.165, 1.54) is 18.0 Å². The molecule has 0 saturated carbocycles. The SMILES string of the molecule is CC(CCc1ccccc1)NC(=O)c1cncc(Cl)n1. The van der Waals surface area contributed by atoms with Crippen molar-refractivity contribution in [2.45, 2.75) is 25.8 Å². The monoisotopic (exact) mass is 289 g/mol. The predicted octanol–water partition coefficient (Wildman–Crippen LogP) is 2.88. The van der Waals surface area contributed by atoms with Crippen LogP contribution in [0.1, 0.15) is 29.4 Å². The van der Waals surface area contributed by atoms with Crippen LogP contribution in [0.3, 0.4) is 0 Å². The Morgan fingerprint density at radius 2 is 2.05 bits per heavy atom. The molecule has 0 fully saturated rings. The summed E-state index contributed by atoms with van der Waals surface area (Å²) in [5, 5.41) is 3.11. The number of carbonyl (C=O) groups is 1. The van der Waals surface area contributed by atoms with Crippen LogP contribution in [-0.4, -0.2) is 21.9 Å². The molecule has 4 nitrogen and oxygen atoms in total. The van der Waals surface area contributed by atoms with Gasteiger partial charge in [0, 0.05) is 6.04 Å². The van der Waals surface area contributed by atoms with Gasteiger partial charge >= 0.3 is 0 Å². The average molecular weight is 290 g/mol. The first-order chi connectivity index (χ1) is 9.65. The Hall–Kier alpha value is -1.94. The highest BCUT2D eigenvalue weighted by atomic mass is 35.5. The molecule has 0 radical (unpaired) electrons. The Labute approximate surface area is 123 Å². The first-order valence-corrected chi connectivity index (χ1v) is 6.85. The number of halogens is 1. The highest BCUT2D eigenvalue weighted by Crippen LogP contribution is 2.06. The van der Waals surface area contributed by atoms with Crippen molar-refractivity contribution in [1.82, 2.24) is 15.3 Å². The summed E-state index contributed by atoms with van der Waals surface area (Å²) in [5.41, 5.74) is 1.50. The van der Waals surface area contributed by atoms with Gasteiger partial charge in [0.05, 0.1) is 12.4 Å². The van der Waals surface area contributed by atoms with Gasteiger partial charge in [-0.15, -0.1) is 0 Å². The molecule has 0 spiro atoms. The quantitative estimate of drug-likeness (QED) is 0.921. The van der Waals surface area contributed by atoms with E-state index in [0.717, 1.165) is 12.8 Å². The lowest BCUT2D eigenvalue weighted by atomic mass is 10.1. The number of benzene rings is 1. The van der Waals surface area contributed by atoms with Gasteiger partial charge in [-0.05, 0) is 25.3 Å². The molecule has 0 saturated heterocycles. The lowest BCUT2D eigenvalue weighted by Crippen LogP contribution is -2.33. The fourth-order valence-electron chi connectivity index (χ4n) is 1.85. The first kappa shape index (κ1) is 14.5. The first-order valence-electron chi connectivity index (χ1n) is 6.47. The van der Waals surface area contributed by atoms with Crippen molar-refractivity contribution >= 4 is 17.5 Å². The smallest absolute Gasteiger partial charge is 0.271 e. The van der Waals surface area contributed by atoms with Crippen LogP contribution in [0.25, 0.3) is 0 Å². The third kappa shape index (κ3) is 4.31. The predicted molar refractivity (Wildman–Crippen MR) is 78.7 cm³/mol. The van der Waals surface area contributed by atoms with Gasteiger partial charge in [-0.2, -0.15) is 0 Å². The van der Waals surface area contributed by atoms with Crippen LogP contribution >= 0.6 is 11.6 Å². The van der Waals surface area contributed by atoms with Crippen molar-refractivity contribution in [3.63, 3.8) is 0 Å². The third-order valence-electron chi connectivity index (χ3n) is 2.92. The van der Waals surface area contributed by atoms with Gasteiger partial charge in [0.2, 0.25) is 0 Å². The Morgan fingerprint density at radius 3 is 2.75 bits per heavy atom. The lowest BCUT2D eigenvalue weighted by Gasteiger charge is -2.13. The number of nitrogens with one attached hydrogen (secondary N) is 1. The molecule has 0 aliphatic carbocycles. The van der Waals surface area contributed by atoms with Crippen molar-refractivity contribution < 1.29 is 4.79 Å². The van der Waals surface area contributed by atoms with Gasteiger partial charge in [-0.1, -0.05) is 41.9 Å². The molecule has 0 bridgehead atoms. The van der Waals surface area contributed by atoms with Crippen LogP contribution in [-0.2, 0) is 6.42 Å². The minimum atomic E-state index is -0.249. The maximum Gasteiger partial charge on any atom is 0.271 e. The molecule has 1 heterocycles. The maximum absolute atomic E-state index is 11.9. The van der Waals surface area contributed by atoms with E-state index in [0.29, 0.717) is 0 Å². The summed E-state index contributed by atoms with van der Waals surface area (Å²) in [7, 11) is 0. The van der Waals surface area contributed by atoms with Gasteiger partial charge in [0.1, 0.15) is 10.8 Å². The summed E-state index contributed by atoms with van der Waals surface area (Å²) in [5.74, 6) is -0.249. The minimum Gasteiger partial charge on any atom is -0.348 e. The van der Waals surface area contributed by atoms with Crippen LogP contribution < -0.4 is 5.32 Å². The van der Waals surface area contributed by atoms with E-state index in [2.05, 4.69) is 27.4 Å². The summed E-state index contributed by atoms with van der Waals surface area (Å²) < 4.78 is 0. The molecule has 20 heavy (non-hydrogen) atoms. The van der Waals surface area contributed by atoms with E-state index >= 15 is 0 Å². The fourth-order valence-corrected chi connectivity index (χ4v) is 2.00. The number of hydrogen-bond donors (Lipinski definition) is 1. The Balaban J connectivity index is 1.85. The van der Waals surface area contributed by atoms with Gasteiger partial charge < -0.3 is 5.32 Å². The molecule has 1 N–H and O–H groups in total. The van der Waals surface area contributed by atoms with Crippen molar-refractivity contribution in [3.05, 3.63) is 59.1 Å². The number of amides is 1. The van der Waals surface area contributed by atoms with E-state index in [-0.39, 0.29) is 22.8 Å².